The van der Waals surface area contributed by atoms with E-state index in [9.17, 15) is 5.11 Å². The number of aliphatic hydroxyl groups is 1. The van der Waals surface area contributed by atoms with Crippen molar-refractivity contribution in [2.45, 2.75) is 50.8 Å². The Morgan fingerprint density at radius 3 is 2.71 bits per heavy atom. The van der Waals surface area contributed by atoms with E-state index in [1.807, 2.05) is 13.8 Å². The van der Waals surface area contributed by atoms with E-state index >= 15 is 0 Å². The van der Waals surface area contributed by atoms with E-state index in [1.54, 1.807) is 0 Å². The third-order valence-electron chi connectivity index (χ3n) is 3.37. The normalized spacial score (nSPS) is 34.5. The number of nitrogens with zero attached hydrogens (tertiary/aromatic N) is 1. The fourth-order valence-corrected chi connectivity index (χ4v) is 2.79. The van der Waals surface area contributed by atoms with E-state index < -0.39 is 5.60 Å². The maximum Gasteiger partial charge on any atom is 0.0718 e. The highest BCUT2D eigenvalue weighted by molar-refractivity contribution is 4.93. The average Bonchev–Trinajstić information content (AvgIpc) is 2.22. The molecule has 2 aliphatic rings. The van der Waals surface area contributed by atoms with Crippen molar-refractivity contribution < 1.29 is 5.11 Å². The Labute approximate surface area is 86.5 Å². The van der Waals surface area contributed by atoms with Crippen molar-refractivity contribution in [1.29, 1.82) is 0 Å². The molecule has 0 aliphatic carbocycles. The average molecular weight is 198 g/mol. The van der Waals surface area contributed by atoms with E-state index in [-0.39, 0.29) is 0 Å². The predicted molar refractivity (Wildman–Crippen MR) is 57.3 cm³/mol. The molecule has 2 atom stereocenters. The molecular weight excluding hydrogens is 176 g/mol. The molecule has 14 heavy (non-hydrogen) atoms. The molecule has 0 aromatic carbocycles. The number of nitrogens with one attached hydrogen (secondary N) is 1. The maximum absolute atomic E-state index is 9.86. The molecule has 82 valence electrons. The molecule has 0 spiro atoms. The van der Waals surface area contributed by atoms with Gasteiger partial charge in [0, 0.05) is 25.2 Å². The molecule has 2 fully saturated rings. The van der Waals surface area contributed by atoms with Crippen LogP contribution in [0.3, 0.4) is 0 Å². The van der Waals surface area contributed by atoms with Crippen molar-refractivity contribution in [3.05, 3.63) is 0 Å². The molecule has 0 saturated carbocycles. The molecule has 2 heterocycles. The summed E-state index contributed by atoms with van der Waals surface area (Å²) in [7, 11) is 0. The molecule has 0 aromatic heterocycles. The summed E-state index contributed by atoms with van der Waals surface area (Å²) in [5.41, 5.74) is -0.550. The first-order valence-electron chi connectivity index (χ1n) is 5.75. The third kappa shape index (κ3) is 2.27. The van der Waals surface area contributed by atoms with Crippen LogP contribution in [0.15, 0.2) is 0 Å². The summed E-state index contributed by atoms with van der Waals surface area (Å²) in [6.45, 7) is 6.88. The molecule has 0 aromatic rings. The van der Waals surface area contributed by atoms with Gasteiger partial charge in [-0.25, -0.2) is 0 Å². The van der Waals surface area contributed by atoms with E-state index in [2.05, 4.69) is 10.2 Å². The Morgan fingerprint density at radius 1 is 1.29 bits per heavy atom. The van der Waals surface area contributed by atoms with Gasteiger partial charge >= 0.3 is 0 Å². The number of hydrogen-bond donors (Lipinski definition) is 2. The molecule has 2 N–H and O–H groups in total. The van der Waals surface area contributed by atoms with Crippen molar-refractivity contribution in [1.82, 2.24) is 10.2 Å². The highest BCUT2D eigenvalue weighted by Crippen LogP contribution is 2.29. The minimum atomic E-state index is -0.550. The van der Waals surface area contributed by atoms with Crippen LogP contribution in [0, 0.1) is 0 Å². The summed E-state index contributed by atoms with van der Waals surface area (Å²) < 4.78 is 0. The highest BCUT2D eigenvalue weighted by Gasteiger charge is 2.36. The molecule has 3 nitrogen and oxygen atoms in total. The van der Waals surface area contributed by atoms with E-state index in [0.29, 0.717) is 12.1 Å². The highest BCUT2D eigenvalue weighted by atomic mass is 16.3. The second-order valence-corrected chi connectivity index (χ2v) is 5.36. The van der Waals surface area contributed by atoms with Crippen molar-refractivity contribution in [2.75, 3.05) is 19.6 Å². The fraction of sp³-hybridized carbons (Fsp3) is 1.00. The third-order valence-corrected chi connectivity index (χ3v) is 3.37. The summed E-state index contributed by atoms with van der Waals surface area (Å²) >= 11 is 0. The van der Waals surface area contributed by atoms with Crippen LogP contribution >= 0.6 is 0 Å². The first-order valence-corrected chi connectivity index (χ1v) is 5.75. The van der Waals surface area contributed by atoms with Crippen molar-refractivity contribution >= 4 is 0 Å². The summed E-state index contributed by atoms with van der Waals surface area (Å²) in [5.74, 6) is 0. The molecule has 2 unspecified atom stereocenters. The van der Waals surface area contributed by atoms with Crippen LogP contribution in [-0.2, 0) is 0 Å². The molecule has 0 radical (unpaired) electrons. The summed E-state index contributed by atoms with van der Waals surface area (Å²) in [6, 6.07) is 1.37. The first kappa shape index (κ1) is 10.4. The van der Waals surface area contributed by atoms with Gasteiger partial charge in [-0.2, -0.15) is 0 Å². The molecule has 2 rings (SSSR count). The summed E-state index contributed by atoms with van der Waals surface area (Å²) in [4.78, 5) is 2.51. The summed E-state index contributed by atoms with van der Waals surface area (Å²) in [6.07, 6.45) is 3.86. The fourth-order valence-electron chi connectivity index (χ4n) is 2.79. The lowest BCUT2D eigenvalue weighted by Gasteiger charge is -2.33. The zero-order chi connectivity index (χ0) is 10.2. The van der Waals surface area contributed by atoms with Crippen LogP contribution in [0.4, 0.5) is 0 Å². The van der Waals surface area contributed by atoms with Crippen LogP contribution in [0.5, 0.6) is 0 Å². The quantitative estimate of drug-likeness (QED) is 0.681. The molecule has 2 bridgehead atoms. The Bertz CT molecular complexity index is 186. The van der Waals surface area contributed by atoms with Crippen LogP contribution in [-0.4, -0.2) is 47.3 Å². The van der Waals surface area contributed by atoms with Gasteiger partial charge in [0.05, 0.1) is 5.60 Å². The lowest BCUT2D eigenvalue weighted by atomic mass is 10.1. The van der Waals surface area contributed by atoms with Gasteiger partial charge in [0.15, 0.2) is 0 Å². The molecule has 0 amide bonds. The topological polar surface area (TPSA) is 35.5 Å². The monoisotopic (exact) mass is 198 g/mol. The van der Waals surface area contributed by atoms with Crippen molar-refractivity contribution in [3.8, 4) is 0 Å². The van der Waals surface area contributed by atoms with E-state index in [4.69, 9.17) is 0 Å². The zero-order valence-electron chi connectivity index (χ0n) is 9.29. The van der Waals surface area contributed by atoms with E-state index in [1.165, 1.54) is 19.3 Å². The Kier molecular flexibility index (Phi) is 2.82. The van der Waals surface area contributed by atoms with Gasteiger partial charge in [0.2, 0.25) is 0 Å². The minimum Gasteiger partial charge on any atom is -0.389 e. The zero-order valence-corrected chi connectivity index (χ0v) is 9.29. The lowest BCUT2D eigenvalue weighted by Crippen LogP contribution is -2.46. The van der Waals surface area contributed by atoms with Crippen molar-refractivity contribution in [3.63, 3.8) is 0 Å². The minimum absolute atomic E-state index is 0.550. The molecule has 2 aliphatic heterocycles. The van der Waals surface area contributed by atoms with Crippen LogP contribution in [0.2, 0.25) is 0 Å². The van der Waals surface area contributed by atoms with Crippen molar-refractivity contribution in [2.24, 2.45) is 0 Å². The molecule has 3 heteroatoms. The number of fused-ring (bicyclic) bond motifs is 2. The van der Waals surface area contributed by atoms with Gasteiger partial charge in [-0.3, -0.25) is 4.90 Å². The van der Waals surface area contributed by atoms with Gasteiger partial charge in [-0.05, 0) is 39.7 Å². The molecule has 2 saturated heterocycles. The second kappa shape index (κ2) is 3.80. The van der Waals surface area contributed by atoms with Gasteiger partial charge in [-0.1, -0.05) is 0 Å². The lowest BCUT2D eigenvalue weighted by molar-refractivity contribution is 0.0206. The van der Waals surface area contributed by atoms with E-state index in [0.717, 1.165) is 19.6 Å². The Hall–Kier alpha value is -0.120. The number of hydrogen-bond acceptors (Lipinski definition) is 3. The Morgan fingerprint density at radius 2 is 2.00 bits per heavy atom. The van der Waals surface area contributed by atoms with Gasteiger partial charge in [0.1, 0.15) is 0 Å². The van der Waals surface area contributed by atoms with Crippen LogP contribution < -0.4 is 5.32 Å². The van der Waals surface area contributed by atoms with Gasteiger partial charge < -0.3 is 10.4 Å². The Balaban J connectivity index is 2.02. The smallest absolute Gasteiger partial charge is 0.0718 e. The maximum atomic E-state index is 9.86. The SMILES string of the molecule is CC(C)(O)CN1C2CCNCC1CC2. The van der Waals surface area contributed by atoms with Crippen LogP contribution in [0.1, 0.15) is 33.1 Å². The van der Waals surface area contributed by atoms with Crippen LogP contribution in [0.25, 0.3) is 0 Å². The number of rotatable bonds is 2. The van der Waals surface area contributed by atoms with Gasteiger partial charge in [0.25, 0.3) is 0 Å². The largest absolute Gasteiger partial charge is 0.389 e. The van der Waals surface area contributed by atoms with Gasteiger partial charge in [-0.15, -0.1) is 0 Å². The second-order valence-electron chi connectivity index (χ2n) is 5.36. The first-order chi connectivity index (χ1) is 6.56. The summed E-state index contributed by atoms with van der Waals surface area (Å²) in [5, 5.41) is 13.3. The predicted octanol–water partition coefficient (Wildman–Crippen LogP) is 0.584. The standard InChI is InChI=1S/C11H22N2O/c1-11(2,14)8-13-9-3-4-10(13)7-12-6-5-9/h9-10,12,14H,3-8H2,1-2H3. The molecular formula is C11H22N2O.